The molecule has 0 bridgehead atoms. The van der Waals surface area contributed by atoms with E-state index in [2.05, 4.69) is 10.6 Å². The fraction of sp³-hybridized carbons (Fsp3) is 0.385. The monoisotopic (exact) mass is 264 g/mol. The van der Waals surface area contributed by atoms with E-state index in [1.807, 2.05) is 0 Å². The highest BCUT2D eigenvalue weighted by atomic mass is 16.5. The van der Waals surface area contributed by atoms with Crippen LogP contribution in [0.4, 0.5) is 5.69 Å². The van der Waals surface area contributed by atoms with E-state index in [1.54, 1.807) is 32.2 Å². The highest BCUT2D eigenvalue weighted by Crippen LogP contribution is 2.33. The zero-order valence-electron chi connectivity index (χ0n) is 10.9. The predicted octanol–water partition coefficient (Wildman–Crippen LogP) is 0.782. The van der Waals surface area contributed by atoms with Crippen molar-refractivity contribution in [2.45, 2.75) is 13.0 Å². The van der Waals surface area contributed by atoms with Crippen molar-refractivity contribution in [1.82, 2.24) is 5.32 Å². The van der Waals surface area contributed by atoms with Gasteiger partial charge in [-0.1, -0.05) is 6.07 Å². The second-order valence-corrected chi connectivity index (χ2v) is 4.18. The van der Waals surface area contributed by atoms with E-state index < -0.39 is 6.10 Å². The minimum atomic E-state index is -0.611. The van der Waals surface area contributed by atoms with Gasteiger partial charge in [0.15, 0.2) is 11.9 Å². The molecule has 0 radical (unpaired) electrons. The van der Waals surface area contributed by atoms with Crippen LogP contribution in [0.1, 0.15) is 17.3 Å². The summed E-state index contributed by atoms with van der Waals surface area (Å²) in [5, 5.41) is 5.42. The molecule has 1 atom stereocenters. The molecule has 6 heteroatoms. The number of hydrogen-bond acceptors (Lipinski definition) is 4. The number of anilines is 1. The molecule has 1 heterocycles. The van der Waals surface area contributed by atoms with Crippen molar-refractivity contribution in [2.24, 2.45) is 0 Å². The van der Waals surface area contributed by atoms with E-state index in [9.17, 15) is 9.59 Å². The average molecular weight is 264 g/mol. The van der Waals surface area contributed by atoms with Crippen LogP contribution in [-0.2, 0) is 9.53 Å². The fourth-order valence-corrected chi connectivity index (χ4v) is 1.77. The topological polar surface area (TPSA) is 76.7 Å². The van der Waals surface area contributed by atoms with Gasteiger partial charge >= 0.3 is 0 Å². The molecule has 0 spiro atoms. The summed E-state index contributed by atoms with van der Waals surface area (Å²) < 4.78 is 10.4. The summed E-state index contributed by atoms with van der Waals surface area (Å²) in [6.07, 6.45) is -0.611. The molecule has 1 aromatic carbocycles. The van der Waals surface area contributed by atoms with Crippen LogP contribution >= 0.6 is 0 Å². The summed E-state index contributed by atoms with van der Waals surface area (Å²) in [4.78, 5) is 23.5. The van der Waals surface area contributed by atoms with Gasteiger partial charge in [-0.2, -0.15) is 0 Å². The molecule has 0 saturated heterocycles. The van der Waals surface area contributed by atoms with E-state index in [-0.39, 0.29) is 11.8 Å². The Hall–Kier alpha value is -2.08. The summed E-state index contributed by atoms with van der Waals surface area (Å²) in [6.45, 7) is 2.49. The maximum absolute atomic E-state index is 12.0. The van der Waals surface area contributed by atoms with Crippen LogP contribution in [0.15, 0.2) is 18.2 Å². The van der Waals surface area contributed by atoms with E-state index in [0.717, 1.165) is 0 Å². The largest absolute Gasteiger partial charge is 0.478 e. The third-order valence-corrected chi connectivity index (χ3v) is 2.77. The van der Waals surface area contributed by atoms with Crippen LogP contribution in [0.2, 0.25) is 0 Å². The number of nitrogens with one attached hydrogen (secondary N) is 2. The number of fused-ring (bicyclic) bond motifs is 1. The number of amides is 2. The quantitative estimate of drug-likeness (QED) is 0.788. The second kappa shape index (κ2) is 5.71. The number of benzene rings is 1. The number of carbonyl (C=O) groups is 2. The van der Waals surface area contributed by atoms with Crippen molar-refractivity contribution in [1.29, 1.82) is 0 Å². The van der Waals surface area contributed by atoms with Crippen molar-refractivity contribution in [3.05, 3.63) is 23.8 Å². The Morgan fingerprint density at radius 2 is 2.32 bits per heavy atom. The summed E-state index contributed by atoms with van der Waals surface area (Å²) in [5.74, 6) is -0.0637. The van der Waals surface area contributed by atoms with Crippen molar-refractivity contribution < 1.29 is 19.1 Å². The molecular formula is C13H16N2O4. The molecule has 0 aromatic heterocycles. The lowest BCUT2D eigenvalue weighted by Gasteiger charge is -2.25. The van der Waals surface area contributed by atoms with Crippen molar-refractivity contribution in [2.75, 3.05) is 25.6 Å². The van der Waals surface area contributed by atoms with Gasteiger partial charge in [-0.25, -0.2) is 0 Å². The van der Waals surface area contributed by atoms with Crippen molar-refractivity contribution in [3.63, 3.8) is 0 Å². The molecule has 1 aliphatic heterocycles. The van der Waals surface area contributed by atoms with Gasteiger partial charge in [-0.3, -0.25) is 9.59 Å². The van der Waals surface area contributed by atoms with Gasteiger partial charge in [0.1, 0.15) is 0 Å². The Kier molecular flexibility index (Phi) is 4.01. The Bertz CT molecular complexity index is 501. The Morgan fingerprint density at radius 1 is 1.53 bits per heavy atom. The lowest BCUT2D eigenvalue weighted by molar-refractivity contribution is -0.122. The van der Waals surface area contributed by atoms with Gasteiger partial charge in [0.25, 0.3) is 11.8 Å². The third kappa shape index (κ3) is 2.85. The molecule has 0 fully saturated rings. The Morgan fingerprint density at radius 3 is 3.05 bits per heavy atom. The Balaban J connectivity index is 2.20. The van der Waals surface area contributed by atoms with E-state index in [1.165, 1.54) is 0 Å². The van der Waals surface area contributed by atoms with Crippen LogP contribution in [0, 0.1) is 0 Å². The number of rotatable bonds is 4. The zero-order chi connectivity index (χ0) is 13.8. The summed E-state index contributed by atoms with van der Waals surface area (Å²) >= 11 is 0. The standard InChI is InChI=1S/C13H16N2O4/c1-8-12(16)15-10-5-3-4-9(11(10)19-8)13(17)14-6-7-18-2/h3-5,8H,6-7H2,1-2H3,(H,14,17)(H,15,16). The first-order valence-corrected chi connectivity index (χ1v) is 6.01. The zero-order valence-corrected chi connectivity index (χ0v) is 10.9. The number of hydrogen-bond donors (Lipinski definition) is 2. The van der Waals surface area contributed by atoms with Crippen LogP contribution in [-0.4, -0.2) is 38.2 Å². The minimum absolute atomic E-state index is 0.218. The molecule has 19 heavy (non-hydrogen) atoms. The first-order chi connectivity index (χ1) is 9.13. The van der Waals surface area contributed by atoms with Crippen LogP contribution in [0.3, 0.4) is 0 Å². The predicted molar refractivity (Wildman–Crippen MR) is 69.4 cm³/mol. The minimum Gasteiger partial charge on any atom is -0.478 e. The number of methoxy groups -OCH3 is 1. The van der Waals surface area contributed by atoms with Crippen molar-refractivity contribution in [3.8, 4) is 5.75 Å². The maximum atomic E-state index is 12.0. The Labute approximate surface area is 111 Å². The highest BCUT2D eigenvalue weighted by molar-refractivity contribution is 6.03. The lowest BCUT2D eigenvalue weighted by Crippen LogP contribution is -2.36. The smallest absolute Gasteiger partial charge is 0.265 e. The van der Waals surface area contributed by atoms with Gasteiger partial charge in [0.2, 0.25) is 0 Å². The molecule has 1 aromatic rings. The molecule has 0 saturated carbocycles. The van der Waals surface area contributed by atoms with Gasteiger partial charge in [-0.15, -0.1) is 0 Å². The van der Waals surface area contributed by atoms with Gasteiger partial charge < -0.3 is 20.1 Å². The second-order valence-electron chi connectivity index (χ2n) is 4.18. The van der Waals surface area contributed by atoms with Crippen LogP contribution in [0.5, 0.6) is 5.75 Å². The fourth-order valence-electron chi connectivity index (χ4n) is 1.77. The van der Waals surface area contributed by atoms with Crippen LogP contribution in [0.25, 0.3) is 0 Å². The maximum Gasteiger partial charge on any atom is 0.265 e. The summed E-state index contributed by atoms with van der Waals surface area (Å²) in [5.41, 5.74) is 0.919. The number of carbonyl (C=O) groups excluding carboxylic acids is 2. The van der Waals surface area contributed by atoms with Gasteiger partial charge in [0.05, 0.1) is 17.9 Å². The van der Waals surface area contributed by atoms with Crippen molar-refractivity contribution >= 4 is 17.5 Å². The highest BCUT2D eigenvalue weighted by Gasteiger charge is 2.27. The van der Waals surface area contributed by atoms with Gasteiger partial charge in [-0.05, 0) is 19.1 Å². The molecular weight excluding hydrogens is 248 g/mol. The van der Waals surface area contributed by atoms with E-state index >= 15 is 0 Å². The molecule has 0 aliphatic carbocycles. The third-order valence-electron chi connectivity index (χ3n) is 2.77. The number of ether oxygens (including phenoxy) is 2. The average Bonchev–Trinajstić information content (AvgIpc) is 2.39. The van der Waals surface area contributed by atoms with E-state index in [4.69, 9.17) is 9.47 Å². The number of para-hydroxylation sites is 1. The molecule has 2 N–H and O–H groups in total. The molecule has 2 rings (SSSR count). The molecule has 102 valence electrons. The first-order valence-electron chi connectivity index (χ1n) is 6.01. The normalized spacial score (nSPS) is 17.2. The van der Waals surface area contributed by atoms with Gasteiger partial charge in [0, 0.05) is 13.7 Å². The molecule has 2 amide bonds. The lowest BCUT2D eigenvalue weighted by atomic mass is 10.1. The molecule has 6 nitrogen and oxygen atoms in total. The summed E-state index contributed by atoms with van der Waals surface area (Å²) in [6, 6.07) is 5.06. The molecule has 1 aliphatic rings. The summed E-state index contributed by atoms with van der Waals surface area (Å²) in [7, 11) is 1.57. The van der Waals surface area contributed by atoms with Crippen LogP contribution < -0.4 is 15.4 Å². The SMILES string of the molecule is COCCNC(=O)c1cccc2c1OC(C)C(=O)N2. The molecule has 1 unspecified atom stereocenters. The van der Waals surface area contributed by atoms with E-state index in [0.29, 0.717) is 30.2 Å². The first kappa shape index (κ1) is 13.4.